The van der Waals surface area contributed by atoms with Crippen molar-refractivity contribution in [3.05, 3.63) is 40.5 Å². The molecule has 1 atom stereocenters. The fourth-order valence-electron chi connectivity index (χ4n) is 1.57. The van der Waals surface area contributed by atoms with Gasteiger partial charge in [0.05, 0.1) is 6.26 Å². The molecule has 2 aromatic rings. The van der Waals surface area contributed by atoms with E-state index < -0.39 is 0 Å². The summed E-state index contributed by atoms with van der Waals surface area (Å²) in [7, 11) is 0. The van der Waals surface area contributed by atoms with Gasteiger partial charge in [-0.2, -0.15) is 0 Å². The Morgan fingerprint density at radius 2 is 2.35 bits per heavy atom. The summed E-state index contributed by atoms with van der Waals surface area (Å²) in [5.74, 6) is 1.01. The van der Waals surface area contributed by atoms with Gasteiger partial charge >= 0.3 is 0 Å². The van der Waals surface area contributed by atoms with Crippen molar-refractivity contribution >= 4 is 23.1 Å². The summed E-state index contributed by atoms with van der Waals surface area (Å²) in [4.78, 5) is 2.64. The van der Waals surface area contributed by atoms with Gasteiger partial charge in [-0.25, -0.2) is 0 Å². The lowest BCUT2D eigenvalue weighted by Gasteiger charge is -2.11. The van der Waals surface area contributed by atoms with Crippen molar-refractivity contribution in [3.8, 4) is 0 Å². The van der Waals surface area contributed by atoms with E-state index >= 15 is 0 Å². The molecule has 0 saturated heterocycles. The van der Waals surface area contributed by atoms with Crippen LogP contribution in [0.2, 0.25) is 0 Å². The maximum atomic E-state index is 5.29. The van der Waals surface area contributed by atoms with E-state index in [1.54, 1.807) is 17.6 Å². The van der Waals surface area contributed by atoms with E-state index in [1.807, 2.05) is 24.8 Å². The van der Waals surface area contributed by atoms with Crippen molar-refractivity contribution in [2.75, 3.05) is 6.54 Å². The summed E-state index contributed by atoms with van der Waals surface area (Å²) in [6, 6.07) is 6.29. The monoisotopic (exact) mass is 267 g/mol. The lowest BCUT2D eigenvalue weighted by atomic mass is 10.4. The number of furan rings is 1. The largest absolute Gasteiger partial charge is 0.468 e. The summed E-state index contributed by atoms with van der Waals surface area (Å²) in [6.07, 6.45) is 1.75. The molecule has 0 bridgehead atoms. The molecule has 1 unspecified atom stereocenters. The Bertz CT molecular complexity index is 436. The van der Waals surface area contributed by atoms with Gasteiger partial charge in [0.25, 0.3) is 0 Å². The van der Waals surface area contributed by atoms with Gasteiger partial charge in [0.15, 0.2) is 0 Å². The van der Waals surface area contributed by atoms with Crippen LogP contribution < -0.4 is 5.32 Å². The first-order chi connectivity index (χ1) is 8.25. The van der Waals surface area contributed by atoms with E-state index in [1.165, 1.54) is 9.77 Å². The molecule has 2 nitrogen and oxygen atoms in total. The topological polar surface area (TPSA) is 25.2 Å². The number of thioether (sulfide) groups is 1. The molecule has 2 rings (SSSR count). The van der Waals surface area contributed by atoms with E-state index in [-0.39, 0.29) is 0 Å². The maximum Gasteiger partial charge on any atom is 0.114 e. The van der Waals surface area contributed by atoms with Crippen LogP contribution in [0, 0.1) is 6.92 Å². The van der Waals surface area contributed by atoms with Gasteiger partial charge in [0.2, 0.25) is 0 Å². The smallest absolute Gasteiger partial charge is 0.114 e. The summed E-state index contributed by atoms with van der Waals surface area (Å²) < 4.78 is 5.29. The van der Waals surface area contributed by atoms with E-state index in [0.29, 0.717) is 5.25 Å². The van der Waals surface area contributed by atoms with Gasteiger partial charge in [-0.15, -0.1) is 23.1 Å². The van der Waals surface area contributed by atoms with Crippen LogP contribution in [0.5, 0.6) is 0 Å². The standard InChI is InChI=1S/C13H17NOS2/c1-10(17-13-5-6-15-11(13)2)8-14-9-12-4-3-7-16-12/h3-7,10,14H,8-9H2,1-2H3. The zero-order chi connectivity index (χ0) is 12.1. The normalized spacial score (nSPS) is 12.8. The molecule has 2 heterocycles. The molecule has 0 fully saturated rings. The third-order valence-corrected chi connectivity index (χ3v) is 4.57. The summed E-state index contributed by atoms with van der Waals surface area (Å²) >= 11 is 3.66. The minimum absolute atomic E-state index is 0.547. The van der Waals surface area contributed by atoms with Crippen molar-refractivity contribution in [3.63, 3.8) is 0 Å². The third-order valence-electron chi connectivity index (χ3n) is 2.45. The second kappa shape index (κ2) is 6.28. The molecule has 0 saturated carbocycles. The van der Waals surface area contributed by atoms with Gasteiger partial charge in [0, 0.05) is 28.1 Å². The molecular weight excluding hydrogens is 250 g/mol. The molecule has 0 radical (unpaired) electrons. The van der Waals surface area contributed by atoms with E-state index in [4.69, 9.17) is 4.42 Å². The zero-order valence-electron chi connectivity index (χ0n) is 10.1. The fraction of sp³-hybridized carbons (Fsp3) is 0.385. The van der Waals surface area contributed by atoms with E-state index in [0.717, 1.165) is 18.8 Å². The average molecular weight is 267 g/mol. The Morgan fingerprint density at radius 1 is 1.47 bits per heavy atom. The number of thiophene rings is 1. The summed E-state index contributed by atoms with van der Waals surface area (Å²) in [6.45, 7) is 6.22. The van der Waals surface area contributed by atoms with Crippen molar-refractivity contribution in [1.82, 2.24) is 5.32 Å². The van der Waals surface area contributed by atoms with Crippen LogP contribution in [0.3, 0.4) is 0 Å². The SMILES string of the molecule is Cc1occc1SC(C)CNCc1cccs1. The van der Waals surface area contributed by atoms with Crippen LogP contribution in [-0.2, 0) is 6.54 Å². The Balaban J connectivity index is 1.71. The highest BCUT2D eigenvalue weighted by atomic mass is 32.2. The van der Waals surface area contributed by atoms with E-state index in [2.05, 4.69) is 29.8 Å². The highest BCUT2D eigenvalue weighted by Gasteiger charge is 2.08. The Morgan fingerprint density at radius 3 is 3.00 bits per heavy atom. The first-order valence-corrected chi connectivity index (χ1v) is 7.45. The number of hydrogen-bond donors (Lipinski definition) is 1. The van der Waals surface area contributed by atoms with Crippen molar-refractivity contribution in [2.45, 2.75) is 30.5 Å². The third kappa shape index (κ3) is 3.91. The lowest BCUT2D eigenvalue weighted by molar-refractivity contribution is 0.526. The first-order valence-electron chi connectivity index (χ1n) is 5.69. The van der Waals surface area contributed by atoms with Crippen LogP contribution in [0.25, 0.3) is 0 Å². The highest BCUT2D eigenvalue weighted by molar-refractivity contribution is 8.00. The Hall–Kier alpha value is -0.710. The van der Waals surface area contributed by atoms with Gasteiger partial charge < -0.3 is 9.73 Å². The van der Waals surface area contributed by atoms with Gasteiger partial charge in [-0.1, -0.05) is 13.0 Å². The predicted molar refractivity (Wildman–Crippen MR) is 74.8 cm³/mol. The minimum Gasteiger partial charge on any atom is -0.468 e. The molecule has 1 N–H and O–H groups in total. The molecule has 0 aromatic carbocycles. The van der Waals surface area contributed by atoms with E-state index in [9.17, 15) is 0 Å². The summed E-state index contributed by atoms with van der Waals surface area (Å²) in [5, 5.41) is 6.14. The second-order valence-corrected chi connectivity index (χ2v) is 6.49. The van der Waals surface area contributed by atoms with Crippen LogP contribution in [0.1, 0.15) is 17.6 Å². The molecule has 0 aliphatic rings. The highest BCUT2D eigenvalue weighted by Crippen LogP contribution is 2.26. The van der Waals surface area contributed by atoms with Gasteiger partial charge in [-0.3, -0.25) is 0 Å². The minimum atomic E-state index is 0.547. The number of nitrogens with one attached hydrogen (secondary N) is 1. The Kier molecular flexibility index (Phi) is 4.71. The number of hydrogen-bond acceptors (Lipinski definition) is 4. The number of rotatable bonds is 6. The van der Waals surface area contributed by atoms with Crippen molar-refractivity contribution in [1.29, 1.82) is 0 Å². The molecule has 0 amide bonds. The predicted octanol–water partition coefficient (Wildman–Crippen LogP) is 3.92. The van der Waals surface area contributed by atoms with Gasteiger partial charge in [-0.05, 0) is 24.4 Å². The molecule has 0 aliphatic heterocycles. The molecule has 4 heteroatoms. The van der Waals surface area contributed by atoms with Crippen molar-refractivity contribution < 1.29 is 4.42 Å². The molecule has 0 aliphatic carbocycles. The Labute approximate surface area is 110 Å². The zero-order valence-corrected chi connectivity index (χ0v) is 11.7. The second-order valence-electron chi connectivity index (χ2n) is 3.98. The lowest BCUT2D eigenvalue weighted by Crippen LogP contribution is -2.21. The van der Waals surface area contributed by atoms with Crippen LogP contribution in [0.15, 0.2) is 39.2 Å². The van der Waals surface area contributed by atoms with Crippen LogP contribution in [-0.4, -0.2) is 11.8 Å². The number of aryl methyl sites for hydroxylation is 1. The van der Waals surface area contributed by atoms with Crippen LogP contribution in [0.4, 0.5) is 0 Å². The fourth-order valence-corrected chi connectivity index (χ4v) is 3.22. The van der Waals surface area contributed by atoms with Gasteiger partial charge in [0.1, 0.15) is 5.76 Å². The molecule has 92 valence electrons. The maximum absolute atomic E-state index is 5.29. The first kappa shape index (κ1) is 12.7. The molecule has 0 spiro atoms. The van der Waals surface area contributed by atoms with Crippen molar-refractivity contribution in [2.24, 2.45) is 0 Å². The molecule has 17 heavy (non-hydrogen) atoms. The molecular formula is C13H17NOS2. The summed E-state index contributed by atoms with van der Waals surface area (Å²) in [5.41, 5.74) is 0. The quantitative estimate of drug-likeness (QED) is 0.803. The van der Waals surface area contributed by atoms with Crippen LogP contribution >= 0.6 is 23.1 Å². The molecule has 2 aromatic heterocycles. The average Bonchev–Trinajstić information content (AvgIpc) is 2.92.